The predicted octanol–water partition coefficient (Wildman–Crippen LogP) is 3.77. The smallest absolute Gasteiger partial charge is 0.199 e. The van der Waals surface area contributed by atoms with Crippen molar-refractivity contribution in [3.05, 3.63) is 47.0 Å². The van der Waals surface area contributed by atoms with Gasteiger partial charge in [-0.2, -0.15) is 0 Å². The van der Waals surface area contributed by atoms with Gasteiger partial charge in [-0.25, -0.2) is 19.0 Å². The van der Waals surface area contributed by atoms with Crippen molar-refractivity contribution >= 4 is 40.9 Å². The van der Waals surface area contributed by atoms with E-state index >= 15 is 0 Å². The Balaban J connectivity index is 0.00000272. The third kappa shape index (κ3) is 4.14. The lowest BCUT2D eigenvalue weighted by atomic mass is 10.1. The van der Waals surface area contributed by atoms with Gasteiger partial charge in [0, 0.05) is 18.5 Å². The number of ether oxygens (including phenoxy) is 1. The first-order chi connectivity index (χ1) is 14.5. The fourth-order valence-electron chi connectivity index (χ4n) is 3.33. The van der Waals surface area contributed by atoms with E-state index in [4.69, 9.17) is 32.4 Å². The molecule has 0 aliphatic carbocycles. The molecule has 0 aliphatic heterocycles. The van der Waals surface area contributed by atoms with Crippen molar-refractivity contribution < 1.29 is 13.8 Å². The summed E-state index contributed by atoms with van der Waals surface area (Å²) in [4.78, 5) is 8.72. The van der Waals surface area contributed by atoms with Crippen molar-refractivity contribution in [2.75, 3.05) is 12.3 Å². The molecule has 0 unspecified atom stereocenters. The number of imidazole rings is 1. The van der Waals surface area contributed by atoms with Crippen LogP contribution in [0.5, 0.6) is 5.75 Å². The van der Waals surface area contributed by atoms with Gasteiger partial charge < -0.3 is 20.8 Å². The van der Waals surface area contributed by atoms with Gasteiger partial charge in [-0.1, -0.05) is 29.8 Å². The van der Waals surface area contributed by atoms with E-state index in [-0.39, 0.29) is 34.9 Å². The minimum absolute atomic E-state index is 0. The lowest BCUT2D eigenvalue weighted by molar-refractivity contribution is 0.194. The molecule has 0 bridgehead atoms. The van der Waals surface area contributed by atoms with Crippen molar-refractivity contribution in [3.63, 3.8) is 0 Å². The molecule has 3 heterocycles. The van der Waals surface area contributed by atoms with E-state index in [1.165, 1.54) is 12.3 Å². The maximum absolute atomic E-state index is 14.4. The highest BCUT2D eigenvalue weighted by Gasteiger charge is 2.25. The van der Waals surface area contributed by atoms with Crippen molar-refractivity contribution in [3.8, 4) is 17.3 Å². The van der Waals surface area contributed by atoms with Crippen molar-refractivity contribution in [2.24, 2.45) is 5.73 Å². The third-order valence-electron chi connectivity index (χ3n) is 4.68. The van der Waals surface area contributed by atoms with E-state index in [2.05, 4.69) is 20.3 Å². The van der Waals surface area contributed by atoms with Crippen LogP contribution in [0.25, 0.3) is 22.6 Å². The zero-order chi connectivity index (χ0) is 21.3. The van der Waals surface area contributed by atoms with Crippen molar-refractivity contribution in [2.45, 2.75) is 26.0 Å². The van der Waals surface area contributed by atoms with Crippen LogP contribution in [0.3, 0.4) is 0 Å². The second-order valence-electron chi connectivity index (χ2n) is 6.49. The normalized spacial score (nSPS) is 12.0. The molecule has 0 spiro atoms. The average Bonchev–Trinajstić information content (AvgIpc) is 3.33. The Labute approximate surface area is 187 Å². The Morgan fingerprint density at radius 2 is 2.06 bits per heavy atom. The predicted molar refractivity (Wildman–Crippen MR) is 117 cm³/mol. The van der Waals surface area contributed by atoms with E-state index in [9.17, 15) is 4.39 Å². The highest BCUT2D eigenvalue weighted by molar-refractivity contribution is 6.34. The minimum Gasteiger partial charge on any atom is -0.482 e. The number of fused-ring (bicyclic) bond motifs is 1. The fraction of sp³-hybridized carbons (Fsp3) is 0.263. The zero-order valence-corrected chi connectivity index (χ0v) is 18.0. The Morgan fingerprint density at radius 1 is 1.29 bits per heavy atom. The topological polar surface area (TPSA) is 131 Å². The molecule has 0 radical (unpaired) electrons. The van der Waals surface area contributed by atoms with E-state index in [1.54, 1.807) is 18.2 Å². The van der Waals surface area contributed by atoms with Gasteiger partial charge in [0.1, 0.15) is 23.0 Å². The van der Waals surface area contributed by atoms with E-state index in [0.29, 0.717) is 47.7 Å². The molecular formula is C19H20Cl2FN7O2. The third-order valence-corrected chi connectivity index (χ3v) is 4.96. The maximum atomic E-state index is 14.4. The van der Waals surface area contributed by atoms with Crippen LogP contribution in [0.15, 0.2) is 35.1 Å². The minimum atomic E-state index is -0.621. The molecule has 12 heteroatoms. The van der Waals surface area contributed by atoms with Crippen molar-refractivity contribution in [1.82, 2.24) is 24.8 Å². The SMILES string of the molecule is CCn1c(-c2nonc2N)nc2c(Cl)ncc(O[C@H](CCN)c3ccccc3F)c21.Cl. The Kier molecular flexibility index (Phi) is 6.94. The molecule has 4 rings (SSSR count). The molecule has 1 aromatic carbocycles. The second kappa shape index (κ2) is 9.46. The molecule has 4 aromatic rings. The molecule has 164 valence electrons. The average molecular weight is 468 g/mol. The number of aryl methyl sites for hydroxylation is 1. The highest BCUT2D eigenvalue weighted by atomic mass is 35.5. The Morgan fingerprint density at radius 3 is 2.71 bits per heavy atom. The first kappa shape index (κ1) is 22.7. The summed E-state index contributed by atoms with van der Waals surface area (Å²) in [5, 5.41) is 7.62. The molecule has 1 atom stereocenters. The standard InChI is InChI=1S/C19H19ClFN7O2.ClH/c1-2-28-16-13(29-12(7-8-22)10-5-3-4-6-11(10)21)9-24-17(20)14(16)25-19(28)15-18(23)27-30-26-15;/h3-6,9,12H,2,7-8,22H2,1H3,(H2,23,27);1H/t12-;/m1./s1. The van der Waals surface area contributed by atoms with Crippen LogP contribution in [0, 0.1) is 5.82 Å². The number of hydrogen-bond donors (Lipinski definition) is 2. The van der Waals surface area contributed by atoms with Crippen LogP contribution < -0.4 is 16.2 Å². The lowest BCUT2D eigenvalue weighted by Crippen LogP contribution is -2.15. The molecule has 9 nitrogen and oxygen atoms in total. The van der Waals surface area contributed by atoms with Crippen LogP contribution in [0.4, 0.5) is 10.2 Å². The molecule has 31 heavy (non-hydrogen) atoms. The Bertz CT molecular complexity index is 1200. The molecule has 0 saturated carbocycles. The first-order valence-corrected chi connectivity index (χ1v) is 9.67. The van der Waals surface area contributed by atoms with E-state index in [0.717, 1.165) is 0 Å². The number of benzene rings is 1. The maximum Gasteiger partial charge on any atom is 0.199 e. The first-order valence-electron chi connectivity index (χ1n) is 9.29. The highest BCUT2D eigenvalue weighted by Crippen LogP contribution is 2.37. The molecule has 0 saturated heterocycles. The van der Waals surface area contributed by atoms with Gasteiger partial charge in [0.05, 0.1) is 6.20 Å². The number of halogens is 3. The molecule has 0 amide bonds. The van der Waals surface area contributed by atoms with Gasteiger partial charge in [0.2, 0.25) is 0 Å². The quantitative estimate of drug-likeness (QED) is 0.392. The summed E-state index contributed by atoms with van der Waals surface area (Å²) in [6.07, 6.45) is 1.26. The number of hydrogen-bond acceptors (Lipinski definition) is 8. The van der Waals surface area contributed by atoms with Crippen LogP contribution in [-0.4, -0.2) is 31.4 Å². The second-order valence-corrected chi connectivity index (χ2v) is 6.85. The molecular weight excluding hydrogens is 448 g/mol. The molecule has 0 aliphatic rings. The molecule has 4 N–H and O–H groups in total. The van der Waals surface area contributed by atoms with Gasteiger partial charge in [0.15, 0.2) is 28.2 Å². The Hall–Kier alpha value is -2.95. The number of aromatic nitrogens is 5. The number of nitrogens with zero attached hydrogens (tertiary/aromatic N) is 5. The van der Waals surface area contributed by atoms with Crippen LogP contribution in [-0.2, 0) is 6.54 Å². The number of rotatable bonds is 7. The van der Waals surface area contributed by atoms with Gasteiger partial charge >= 0.3 is 0 Å². The summed E-state index contributed by atoms with van der Waals surface area (Å²) >= 11 is 6.30. The zero-order valence-electron chi connectivity index (χ0n) is 16.5. The summed E-state index contributed by atoms with van der Waals surface area (Å²) in [6.45, 7) is 2.72. The fourth-order valence-corrected chi connectivity index (χ4v) is 3.51. The number of anilines is 1. The van der Waals surface area contributed by atoms with Crippen LogP contribution >= 0.6 is 24.0 Å². The van der Waals surface area contributed by atoms with Crippen LogP contribution in [0.2, 0.25) is 5.15 Å². The number of nitrogen functional groups attached to an aromatic ring is 1. The molecule has 0 fully saturated rings. The van der Waals surface area contributed by atoms with Crippen molar-refractivity contribution in [1.29, 1.82) is 0 Å². The van der Waals surface area contributed by atoms with E-state index < -0.39 is 6.10 Å². The summed E-state index contributed by atoms with van der Waals surface area (Å²) in [7, 11) is 0. The van der Waals surface area contributed by atoms with Gasteiger partial charge in [0.25, 0.3) is 0 Å². The summed E-state index contributed by atoms with van der Waals surface area (Å²) in [5.41, 5.74) is 13.3. The largest absolute Gasteiger partial charge is 0.482 e. The van der Waals surface area contributed by atoms with Crippen LogP contribution in [0.1, 0.15) is 25.0 Å². The molecule has 3 aromatic heterocycles. The summed E-state index contributed by atoms with van der Waals surface area (Å²) in [6, 6.07) is 6.41. The number of nitrogens with two attached hydrogens (primary N) is 2. The number of pyridine rings is 1. The van der Waals surface area contributed by atoms with Gasteiger partial charge in [-0.05, 0) is 29.8 Å². The van der Waals surface area contributed by atoms with E-state index in [1.807, 2.05) is 11.5 Å². The lowest BCUT2D eigenvalue weighted by Gasteiger charge is -2.20. The summed E-state index contributed by atoms with van der Waals surface area (Å²) < 4.78 is 27.1. The van der Waals surface area contributed by atoms with Gasteiger partial charge in [-0.3, -0.25) is 0 Å². The monoisotopic (exact) mass is 467 g/mol. The summed E-state index contributed by atoms with van der Waals surface area (Å²) in [5.74, 6) is 0.512. The van der Waals surface area contributed by atoms with Gasteiger partial charge in [-0.15, -0.1) is 12.4 Å².